The molecule has 2 rings (SSSR count). The molecule has 1 aromatic carbocycles. The van der Waals surface area contributed by atoms with E-state index >= 15 is 0 Å². The van der Waals surface area contributed by atoms with Crippen molar-refractivity contribution in [2.24, 2.45) is 0 Å². The molecule has 35 heavy (non-hydrogen) atoms. The Bertz CT molecular complexity index is 920. The summed E-state index contributed by atoms with van der Waals surface area (Å²) < 4.78 is 31.4. The lowest BCUT2D eigenvalue weighted by molar-refractivity contribution is -0.190. The third kappa shape index (κ3) is 7.93. The fourth-order valence-electron chi connectivity index (χ4n) is 3.44. The number of aliphatic carboxylic acids is 1. The molecule has 0 aromatic heterocycles. The van der Waals surface area contributed by atoms with Gasteiger partial charge in [-0.1, -0.05) is 30.3 Å². The third-order valence-corrected chi connectivity index (χ3v) is 4.75. The molecule has 1 aliphatic heterocycles. The van der Waals surface area contributed by atoms with Crippen LogP contribution in [-0.2, 0) is 54.2 Å². The molecule has 1 aliphatic rings. The van der Waals surface area contributed by atoms with Crippen LogP contribution in [0.3, 0.4) is 0 Å². The van der Waals surface area contributed by atoms with Crippen molar-refractivity contribution in [2.45, 2.75) is 64.1 Å². The maximum Gasteiger partial charge on any atom is 0.408 e. The Morgan fingerprint density at radius 2 is 1.57 bits per heavy atom. The molecule has 0 unspecified atom stereocenters. The van der Waals surface area contributed by atoms with Gasteiger partial charge in [-0.3, -0.25) is 14.4 Å². The first-order valence-electron chi connectivity index (χ1n) is 10.4. The zero-order valence-electron chi connectivity index (χ0n) is 19.5. The highest BCUT2D eigenvalue weighted by molar-refractivity contribution is 5.81. The quantitative estimate of drug-likeness (QED) is 0.340. The number of alkyl carbamates (subject to hydrolysis) is 1. The van der Waals surface area contributed by atoms with Gasteiger partial charge < -0.3 is 38.8 Å². The molecular weight excluding hydrogens is 470 g/mol. The van der Waals surface area contributed by atoms with Crippen molar-refractivity contribution in [1.29, 1.82) is 0 Å². The van der Waals surface area contributed by atoms with Crippen molar-refractivity contribution in [2.75, 3.05) is 7.11 Å². The van der Waals surface area contributed by atoms with Gasteiger partial charge in [0.15, 0.2) is 30.6 Å². The summed E-state index contributed by atoms with van der Waals surface area (Å²) in [6.45, 7) is 3.01. The number of carboxylic acid groups (broad SMARTS) is 1. The van der Waals surface area contributed by atoms with Gasteiger partial charge in [-0.25, -0.2) is 9.59 Å². The van der Waals surface area contributed by atoms with Gasteiger partial charge in [0, 0.05) is 27.9 Å². The Labute approximate surface area is 200 Å². The van der Waals surface area contributed by atoms with Crippen LogP contribution < -0.4 is 5.32 Å². The predicted octanol–water partition coefficient (Wildman–Crippen LogP) is 0.532. The summed E-state index contributed by atoms with van der Waals surface area (Å²) in [5.74, 6) is -4.11. The SMILES string of the molecule is CO[C@@H]1O[C@H]([C@H](OC(C)=O)[C@@H](NC(=O)OCc2ccccc2)C(=O)O)[C@@H](OC(C)=O)[C@H]1OC(C)=O. The average molecular weight is 497 g/mol. The minimum absolute atomic E-state index is 0.159. The van der Waals surface area contributed by atoms with Gasteiger partial charge in [0.05, 0.1) is 0 Å². The van der Waals surface area contributed by atoms with Crippen molar-refractivity contribution in [3.63, 3.8) is 0 Å². The standard InChI is InChI=1S/C22H27NO12/c1-11(24)32-16(15(20(27)28)23-22(29)31-10-14-8-6-5-7-9-14)17-18(33-12(2)25)19(34-13(3)26)21(30-4)35-17/h5-9,15-19,21H,10H2,1-4H3,(H,23,29)(H,27,28)/t15-,16-,17-,18-,19-,21-/m1/s1. The number of methoxy groups -OCH3 is 1. The monoisotopic (exact) mass is 497 g/mol. The van der Waals surface area contributed by atoms with E-state index < -0.39 is 66.7 Å². The molecule has 13 heteroatoms. The molecule has 1 aromatic rings. The first-order valence-corrected chi connectivity index (χ1v) is 10.4. The van der Waals surface area contributed by atoms with E-state index in [-0.39, 0.29) is 6.61 Å². The number of carbonyl (C=O) groups is 5. The molecule has 13 nitrogen and oxygen atoms in total. The van der Waals surface area contributed by atoms with Crippen LogP contribution in [0, 0.1) is 0 Å². The number of nitrogens with one attached hydrogen (secondary N) is 1. The topological polar surface area (TPSA) is 173 Å². The van der Waals surface area contributed by atoms with Gasteiger partial charge in [0.1, 0.15) is 12.7 Å². The molecule has 1 saturated heterocycles. The maximum absolute atomic E-state index is 12.4. The van der Waals surface area contributed by atoms with Gasteiger partial charge >= 0.3 is 30.0 Å². The predicted molar refractivity (Wildman–Crippen MR) is 114 cm³/mol. The number of amides is 1. The molecule has 0 aliphatic carbocycles. The molecule has 6 atom stereocenters. The Morgan fingerprint density at radius 1 is 0.971 bits per heavy atom. The summed E-state index contributed by atoms with van der Waals surface area (Å²) in [7, 11) is 1.21. The largest absolute Gasteiger partial charge is 0.480 e. The fourth-order valence-corrected chi connectivity index (χ4v) is 3.44. The van der Waals surface area contributed by atoms with Crippen LogP contribution in [0.25, 0.3) is 0 Å². The van der Waals surface area contributed by atoms with Gasteiger partial charge in [-0.2, -0.15) is 0 Å². The number of rotatable bonds is 10. The highest BCUT2D eigenvalue weighted by atomic mass is 16.7. The normalized spacial score (nSPS) is 22.9. The van der Waals surface area contributed by atoms with Crippen LogP contribution in [0.4, 0.5) is 4.79 Å². The maximum atomic E-state index is 12.4. The molecule has 1 fully saturated rings. The summed E-state index contributed by atoms with van der Waals surface area (Å²) in [5.41, 5.74) is 0.646. The highest BCUT2D eigenvalue weighted by Gasteiger charge is 2.56. The number of hydrogen-bond donors (Lipinski definition) is 2. The fraction of sp³-hybridized carbons (Fsp3) is 0.500. The Hall–Kier alpha value is -3.71. The van der Waals surface area contributed by atoms with E-state index in [9.17, 15) is 29.1 Å². The zero-order valence-corrected chi connectivity index (χ0v) is 19.5. The Morgan fingerprint density at radius 3 is 2.09 bits per heavy atom. The van der Waals surface area contributed by atoms with Crippen LogP contribution in [0.15, 0.2) is 30.3 Å². The molecule has 1 heterocycles. The second kappa shape index (κ2) is 12.7. The van der Waals surface area contributed by atoms with Gasteiger partial charge in [-0.15, -0.1) is 0 Å². The molecule has 0 bridgehead atoms. The van der Waals surface area contributed by atoms with Crippen LogP contribution in [0.1, 0.15) is 26.3 Å². The minimum Gasteiger partial charge on any atom is -0.480 e. The lowest BCUT2D eigenvalue weighted by atomic mass is 9.99. The molecule has 0 spiro atoms. The molecule has 1 amide bonds. The highest BCUT2D eigenvalue weighted by Crippen LogP contribution is 2.32. The lowest BCUT2D eigenvalue weighted by Crippen LogP contribution is -2.58. The molecule has 0 saturated carbocycles. The smallest absolute Gasteiger partial charge is 0.408 e. The van der Waals surface area contributed by atoms with E-state index in [1.54, 1.807) is 30.3 Å². The van der Waals surface area contributed by atoms with Crippen molar-refractivity contribution >= 4 is 30.0 Å². The van der Waals surface area contributed by atoms with Crippen molar-refractivity contribution in [3.05, 3.63) is 35.9 Å². The van der Waals surface area contributed by atoms with Crippen molar-refractivity contribution in [3.8, 4) is 0 Å². The number of benzene rings is 1. The first-order chi connectivity index (χ1) is 16.5. The van der Waals surface area contributed by atoms with Crippen molar-refractivity contribution in [1.82, 2.24) is 5.32 Å². The van der Waals surface area contributed by atoms with Gasteiger partial charge in [0.25, 0.3) is 0 Å². The number of carboxylic acids is 1. The van der Waals surface area contributed by atoms with Crippen LogP contribution in [0.2, 0.25) is 0 Å². The van der Waals surface area contributed by atoms with Gasteiger partial charge in [-0.05, 0) is 5.56 Å². The Balaban J connectivity index is 2.32. The number of hydrogen-bond acceptors (Lipinski definition) is 11. The average Bonchev–Trinajstić information content (AvgIpc) is 3.10. The second-order valence-electron chi connectivity index (χ2n) is 7.45. The summed E-state index contributed by atoms with van der Waals surface area (Å²) in [6.07, 6.45) is -8.42. The molecule has 192 valence electrons. The molecule has 2 N–H and O–H groups in total. The summed E-state index contributed by atoms with van der Waals surface area (Å²) in [6, 6.07) is 6.71. The first kappa shape index (κ1) is 27.5. The van der Waals surface area contributed by atoms with Crippen molar-refractivity contribution < 1.29 is 57.5 Å². The molecule has 0 radical (unpaired) electrons. The van der Waals surface area contributed by atoms with Crippen LogP contribution in [-0.4, -0.2) is 78.9 Å². The minimum atomic E-state index is -1.90. The van der Waals surface area contributed by atoms with E-state index in [0.29, 0.717) is 5.56 Å². The van der Waals surface area contributed by atoms with Crippen LogP contribution in [0.5, 0.6) is 0 Å². The zero-order chi connectivity index (χ0) is 26.1. The van der Waals surface area contributed by atoms with E-state index in [4.69, 9.17) is 28.4 Å². The summed E-state index contributed by atoms with van der Waals surface area (Å²) in [5, 5.41) is 11.9. The summed E-state index contributed by atoms with van der Waals surface area (Å²) >= 11 is 0. The van der Waals surface area contributed by atoms with E-state index in [1.165, 1.54) is 7.11 Å². The van der Waals surface area contributed by atoms with E-state index in [2.05, 4.69) is 5.32 Å². The van der Waals surface area contributed by atoms with E-state index in [0.717, 1.165) is 20.8 Å². The third-order valence-electron chi connectivity index (χ3n) is 4.75. The summed E-state index contributed by atoms with van der Waals surface area (Å²) in [4.78, 5) is 59.6. The van der Waals surface area contributed by atoms with E-state index in [1.807, 2.05) is 0 Å². The Kier molecular flexibility index (Phi) is 9.97. The molecular formula is C22H27NO12. The second-order valence-corrected chi connectivity index (χ2v) is 7.45. The number of ether oxygens (including phenoxy) is 6. The lowest BCUT2D eigenvalue weighted by Gasteiger charge is -2.31. The number of carbonyl (C=O) groups excluding carboxylic acids is 4. The van der Waals surface area contributed by atoms with Gasteiger partial charge in [0.2, 0.25) is 0 Å². The number of esters is 3. The van der Waals surface area contributed by atoms with Crippen LogP contribution >= 0.6 is 0 Å².